The summed E-state index contributed by atoms with van der Waals surface area (Å²) < 4.78 is 69.6. The molecule has 0 saturated heterocycles. The molecule has 238 valence electrons. The van der Waals surface area contributed by atoms with Crippen LogP contribution in [0.2, 0.25) is 0 Å². The van der Waals surface area contributed by atoms with Gasteiger partial charge in [0.05, 0.1) is 30.7 Å². The van der Waals surface area contributed by atoms with E-state index in [9.17, 15) is 32.3 Å². The van der Waals surface area contributed by atoms with Crippen LogP contribution in [0, 0.1) is 5.82 Å². The fourth-order valence-electron chi connectivity index (χ4n) is 5.06. The van der Waals surface area contributed by atoms with Gasteiger partial charge in [0.15, 0.2) is 0 Å². The van der Waals surface area contributed by atoms with Crippen molar-refractivity contribution in [2.75, 3.05) is 13.2 Å². The first kappa shape index (κ1) is 30.9. The molecule has 1 fully saturated rings. The predicted molar refractivity (Wildman–Crippen MR) is 155 cm³/mol. The summed E-state index contributed by atoms with van der Waals surface area (Å²) in [5.41, 5.74) is 0.592. The first-order valence-corrected chi connectivity index (χ1v) is 14.2. The summed E-state index contributed by atoms with van der Waals surface area (Å²) in [5.74, 6) is -2.10. The third-order valence-corrected chi connectivity index (χ3v) is 8.09. The van der Waals surface area contributed by atoms with Crippen molar-refractivity contribution in [1.29, 1.82) is 0 Å². The van der Waals surface area contributed by atoms with Crippen molar-refractivity contribution in [3.63, 3.8) is 0 Å². The van der Waals surface area contributed by atoms with Crippen LogP contribution in [0.4, 0.5) is 17.6 Å². The minimum atomic E-state index is -5.36. The second-order valence-corrected chi connectivity index (χ2v) is 11.4. The summed E-state index contributed by atoms with van der Waals surface area (Å²) >= 11 is 0. The lowest BCUT2D eigenvalue weighted by Gasteiger charge is -2.31. The molecule has 1 saturated carbocycles. The first-order valence-electron chi connectivity index (χ1n) is 14.2. The molecular weight excluding hydrogens is 610 g/mol. The van der Waals surface area contributed by atoms with Crippen LogP contribution < -0.4 is 20.5 Å². The van der Waals surface area contributed by atoms with Crippen LogP contribution in [0.25, 0.3) is 22.4 Å². The summed E-state index contributed by atoms with van der Waals surface area (Å²) in [7, 11) is 0. The van der Waals surface area contributed by atoms with Crippen LogP contribution in [0.5, 0.6) is 11.5 Å². The van der Waals surface area contributed by atoms with Crippen molar-refractivity contribution < 1.29 is 41.7 Å². The van der Waals surface area contributed by atoms with Crippen molar-refractivity contribution in [3.8, 4) is 33.9 Å². The molecule has 1 unspecified atom stereocenters. The highest BCUT2D eigenvalue weighted by atomic mass is 19.4. The quantitative estimate of drug-likeness (QED) is 0.231. The zero-order valence-electron chi connectivity index (χ0n) is 24.3. The van der Waals surface area contributed by atoms with E-state index in [4.69, 9.17) is 15.2 Å². The van der Waals surface area contributed by atoms with E-state index in [1.54, 1.807) is 12.1 Å². The van der Waals surface area contributed by atoms with Crippen LogP contribution in [0.15, 0.2) is 67.0 Å². The molecular formula is C32H27F4N5O5. The van der Waals surface area contributed by atoms with E-state index in [2.05, 4.69) is 20.5 Å². The number of nitrogens with zero attached hydrogens (tertiary/aromatic N) is 3. The van der Waals surface area contributed by atoms with Gasteiger partial charge < -0.3 is 25.6 Å². The fraction of sp³-hybridized carbons (Fsp3) is 0.281. The van der Waals surface area contributed by atoms with E-state index in [0.717, 1.165) is 31.0 Å². The average molecular weight is 638 g/mol. The number of alkyl halides is 3. The van der Waals surface area contributed by atoms with Gasteiger partial charge in [0, 0.05) is 27.8 Å². The summed E-state index contributed by atoms with van der Waals surface area (Å²) in [6.07, 6.45) is -0.786. The number of nitrogens with two attached hydrogens (primary N) is 1. The van der Waals surface area contributed by atoms with Crippen LogP contribution in [0.3, 0.4) is 0 Å². The van der Waals surface area contributed by atoms with E-state index in [-0.39, 0.29) is 40.8 Å². The molecule has 1 aliphatic heterocycles. The Balaban J connectivity index is 1.37. The van der Waals surface area contributed by atoms with Gasteiger partial charge in [-0.05, 0) is 74.4 Å². The molecule has 6 rings (SSSR count). The number of rotatable bonds is 9. The van der Waals surface area contributed by atoms with Gasteiger partial charge in [-0.15, -0.1) is 0 Å². The minimum absolute atomic E-state index is 0.0189. The maximum absolute atomic E-state index is 14.7. The molecule has 14 heteroatoms. The zero-order valence-corrected chi connectivity index (χ0v) is 24.3. The number of halogens is 4. The van der Waals surface area contributed by atoms with Crippen LogP contribution in [0.1, 0.15) is 41.4 Å². The number of hydrogen-bond donors (Lipinski definition) is 3. The van der Waals surface area contributed by atoms with Gasteiger partial charge in [-0.1, -0.05) is 0 Å². The number of amides is 2. The number of carbonyl (C=O) groups is 2. The molecule has 2 aromatic carbocycles. The number of aliphatic hydroxyl groups is 1. The van der Waals surface area contributed by atoms with Gasteiger partial charge in [-0.25, -0.2) is 9.37 Å². The Morgan fingerprint density at radius 2 is 1.83 bits per heavy atom. The molecule has 10 nitrogen and oxygen atoms in total. The molecule has 2 atom stereocenters. The third-order valence-electron chi connectivity index (χ3n) is 8.09. The number of aromatic nitrogens is 3. The number of primary amides is 1. The number of fused-ring (bicyclic) bond motifs is 1. The smallest absolute Gasteiger partial charge is 0.424 e. The van der Waals surface area contributed by atoms with Crippen LogP contribution in [-0.2, 0) is 15.8 Å². The Bertz CT molecular complexity index is 1820. The highest BCUT2D eigenvalue weighted by Crippen LogP contribution is 2.47. The van der Waals surface area contributed by atoms with Gasteiger partial charge in [0.25, 0.3) is 5.91 Å². The van der Waals surface area contributed by atoms with E-state index in [1.807, 2.05) is 0 Å². The van der Waals surface area contributed by atoms with Gasteiger partial charge in [0.1, 0.15) is 35.0 Å². The lowest BCUT2D eigenvalue weighted by Crippen LogP contribution is -2.51. The number of ether oxygens (including phenoxy) is 2. The molecule has 3 heterocycles. The van der Waals surface area contributed by atoms with Gasteiger partial charge in [-0.2, -0.15) is 23.4 Å². The highest BCUT2D eigenvalue weighted by molar-refractivity contribution is 5.95. The standard InChI is InChI=1S/C32H27F4N5O5/c1-30(29(37)43)16-45-27-23(30)13-25(41-26(27)17-2-5-20(33)6-3-17)31(44,32(34,35)36)15-38-28(42)18-4-9-22(19-10-11-39-40-14-19)24(12-18)46-21-7-8-21/h2-6,9-14,21,44H,7-8,15-16H2,1H3,(H2,37,43)(H,38,42)/t30-,31?/m0/s1. The van der Waals surface area contributed by atoms with Crippen molar-refractivity contribution in [2.45, 2.75) is 43.1 Å². The Kier molecular flexibility index (Phi) is 7.63. The van der Waals surface area contributed by atoms with E-state index >= 15 is 0 Å². The monoisotopic (exact) mass is 637 g/mol. The van der Waals surface area contributed by atoms with Crippen LogP contribution >= 0.6 is 0 Å². The molecule has 1 aliphatic carbocycles. The summed E-state index contributed by atoms with van der Waals surface area (Å²) in [5, 5.41) is 21.1. The zero-order chi connectivity index (χ0) is 32.9. The highest BCUT2D eigenvalue weighted by Gasteiger charge is 2.57. The summed E-state index contributed by atoms with van der Waals surface area (Å²) in [6, 6.07) is 11.7. The van der Waals surface area contributed by atoms with Crippen LogP contribution in [-0.4, -0.2) is 57.5 Å². The molecule has 46 heavy (non-hydrogen) atoms. The number of nitrogens with one attached hydrogen (secondary N) is 1. The molecule has 2 aromatic heterocycles. The SMILES string of the molecule is C[C@]1(C(N)=O)COc2c1cc(C(O)(CNC(=O)c1ccc(-c3ccnnc3)c(OC3CC3)c1)C(F)(F)F)nc2-c1ccc(F)cc1. The Labute approximate surface area is 259 Å². The first-order chi connectivity index (χ1) is 21.8. The second-order valence-electron chi connectivity index (χ2n) is 11.4. The van der Waals surface area contributed by atoms with Crippen molar-refractivity contribution in [3.05, 3.63) is 89.6 Å². The molecule has 2 amide bonds. The third kappa shape index (κ3) is 5.60. The number of benzene rings is 2. The van der Waals surface area contributed by atoms with Crippen molar-refractivity contribution >= 4 is 11.8 Å². The van der Waals surface area contributed by atoms with Gasteiger partial charge in [-0.3, -0.25) is 9.59 Å². The summed E-state index contributed by atoms with van der Waals surface area (Å²) in [6.45, 7) is -0.247. The molecule has 0 radical (unpaired) electrons. The van der Waals surface area contributed by atoms with Gasteiger partial charge >= 0.3 is 6.18 Å². The van der Waals surface area contributed by atoms with Crippen molar-refractivity contribution in [1.82, 2.24) is 20.5 Å². The molecule has 4 N–H and O–H groups in total. The molecule has 0 bridgehead atoms. The van der Waals surface area contributed by atoms with Crippen molar-refractivity contribution in [2.24, 2.45) is 5.73 Å². The number of hydrogen-bond acceptors (Lipinski definition) is 8. The topological polar surface area (TPSA) is 150 Å². The van der Waals surface area contributed by atoms with Gasteiger partial charge in [0.2, 0.25) is 11.5 Å². The number of carbonyl (C=O) groups excluding carboxylic acids is 2. The minimum Gasteiger partial charge on any atom is -0.490 e. The van der Waals surface area contributed by atoms with E-state index in [1.165, 1.54) is 43.6 Å². The van der Waals surface area contributed by atoms with E-state index < -0.39 is 47.1 Å². The lowest BCUT2D eigenvalue weighted by molar-refractivity contribution is -0.265. The lowest BCUT2D eigenvalue weighted by atomic mass is 9.81. The Morgan fingerprint density at radius 3 is 2.46 bits per heavy atom. The average Bonchev–Trinajstić information content (AvgIpc) is 3.79. The Morgan fingerprint density at radius 1 is 1.09 bits per heavy atom. The molecule has 2 aliphatic rings. The number of pyridine rings is 1. The largest absolute Gasteiger partial charge is 0.490 e. The fourth-order valence-corrected chi connectivity index (χ4v) is 5.06. The maximum atomic E-state index is 14.7. The maximum Gasteiger partial charge on any atom is 0.424 e. The molecule has 0 spiro atoms. The predicted octanol–water partition coefficient (Wildman–Crippen LogP) is 4.20. The molecule has 4 aromatic rings. The van der Waals surface area contributed by atoms with E-state index in [0.29, 0.717) is 16.9 Å². The second kappa shape index (κ2) is 11.4. The Hall–Kier alpha value is -5.11. The summed E-state index contributed by atoms with van der Waals surface area (Å²) in [4.78, 5) is 29.8. The normalized spacial score (nSPS) is 18.7.